The normalized spacial score (nSPS) is 15.0. The van der Waals surface area contributed by atoms with Crippen molar-refractivity contribution in [1.29, 1.82) is 0 Å². The third-order valence-corrected chi connectivity index (χ3v) is 9.39. The monoisotopic (exact) mass is 585 g/mol. The van der Waals surface area contributed by atoms with Crippen LogP contribution in [0, 0.1) is 0 Å². The molecule has 0 aromatic carbocycles. The molecule has 5 rings (SSSR count). The first-order valence-electron chi connectivity index (χ1n) is 13.6. The van der Waals surface area contributed by atoms with E-state index in [1.165, 1.54) is 58.6 Å². The van der Waals surface area contributed by atoms with Crippen LogP contribution in [0.5, 0.6) is 0 Å². The van der Waals surface area contributed by atoms with Gasteiger partial charge in [0, 0.05) is 34.8 Å². The minimum Gasteiger partial charge on any atom is -0.478 e. The zero-order chi connectivity index (χ0) is 28.9. The number of aromatic nitrogens is 2. The summed E-state index contributed by atoms with van der Waals surface area (Å²) < 4.78 is 0. The second-order valence-corrected chi connectivity index (χ2v) is 12.0. The van der Waals surface area contributed by atoms with Crippen LogP contribution in [0.1, 0.15) is 65.3 Å². The highest BCUT2D eigenvalue weighted by molar-refractivity contribution is 7.21. The summed E-state index contributed by atoms with van der Waals surface area (Å²) in [5, 5.41) is 21.5. The van der Waals surface area contributed by atoms with E-state index in [1.54, 1.807) is 29.7 Å². The van der Waals surface area contributed by atoms with Gasteiger partial charge < -0.3 is 15.1 Å². The highest BCUT2D eigenvalue weighted by atomic mass is 32.1. The van der Waals surface area contributed by atoms with Crippen LogP contribution in [0.3, 0.4) is 0 Å². The topological polar surface area (TPSA) is 104 Å². The molecule has 4 aromatic rings. The fourth-order valence-electron chi connectivity index (χ4n) is 4.98. The predicted octanol–water partition coefficient (Wildman–Crippen LogP) is 7.79. The Balaban J connectivity index is 1.53. The number of rotatable bonds is 11. The molecule has 0 aliphatic carbocycles. The van der Waals surface area contributed by atoms with E-state index in [1.807, 2.05) is 35.4 Å². The Labute approximate surface area is 247 Å². The number of pyridine rings is 2. The maximum Gasteiger partial charge on any atom is 0.335 e. The molecule has 0 amide bonds. The van der Waals surface area contributed by atoms with Crippen molar-refractivity contribution in [2.45, 2.75) is 45.1 Å². The molecule has 5 heterocycles. The molecule has 0 saturated carbocycles. The molecule has 7 nitrogen and oxygen atoms in total. The molecule has 1 atom stereocenters. The number of nitrogens with zero attached hydrogens (tertiary/aromatic N) is 3. The number of carboxylic acids is 2. The fraction of sp³-hybridized carbons (Fsp3) is 0.250. The minimum atomic E-state index is -1.07. The summed E-state index contributed by atoms with van der Waals surface area (Å²) in [7, 11) is 1.84. The van der Waals surface area contributed by atoms with Gasteiger partial charge in [0.2, 0.25) is 0 Å². The number of aryl methyl sites for hydroxylation is 1. The van der Waals surface area contributed by atoms with Crippen molar-refractivity contribution in [1.82, 2.24) is 14.9 Å². The molecule has 0 radical (unpaired) electrons. The molecule has 1 aliphatic rings. The zero-order valence-electron chi connectivity index (χ0n) is 22.9. The van der Waals surface area contributed by atoms with Crippen molar-refractivity contribution >= 4 is 40.3 Å². The van der Waals surface area contributed by atoms with E-state index in [0.717, 1.165) is 17.5 Å². The van der Waals surface area contributed by atoms with E-state index in [9.17, 15) is 19.8 Å². The number of thiophene rings is 2. The Kier molecular flexibility index (Phi) is 8.75. The second kappa shape index (κ2) is 12.6. The number of hydrogen-bond donors (Lipinski definition) is 2. The first kappa shape index (κ1) is 28.4. The van der Waals surface area contributed by atoms with E-state index in [2.05, 4.69) is 40.5 Å². The quantitative estimate of drug-likeness (QED) is 0.173. The highest BCUT2D eigenvalue weighted by Gasteiger charge is 2.28. The molecular formula is C32H31N3O4S2. The molecule has 210 valence electrons. The zero-order valence-corrected chi connectivity index (χ0v) is 24.5. The molecule has 0 spiro atoms. The Morgan fingerprint density at radius 1 is 1.00 bits per heavy atom. The van der Waals surface area contributed by atoms with E-state index in [4.69, 9.17) is 0 Å². The standard InChI is InChI=1S/C32H31N3O4S2/c1-3-4-5-6-8-23-19-24(30(41-23)29-9-7-14-40-29)20-10-12-33-25(15-20)27-17-22(32(38)39)18-28(35(27)2)26-16-21(31(36)37)11-13-34-26/h7,9-19,28H,3-6,8H2,1-2H3,(H,36,37)(H,38,39). The van der Waals surface area contributed by atoms with Crippen molar-refractivity contribution in [3.8, 4) is 20.9 Å². The molecular weight excluding hydrogens is 555 g/mol. The average molecular weight is 586 g/mol. The average Bonchev–Trinajstić information content (AvgIpc) is 3.66. The number of carbonyl (C=O) groups is 2. The van der Waals surface area contributed by atoms with Gasteiger partial charge in [0.1, 0.15) is 0 Å². The van der Waals surface area contributed by atoms with Crippen molar-refractivity contribution in [2.24, 2.45) is 0 Å². The van der Waals surface area contributed by atoms with Gasteiger partial charge in [-0.15, -0.1) is 22.7 Å². The Bertz CT molecular complexity index is 1620. The van der Waals surface area contributed by atoms with Gasteiger partial charge in [-0.1, -0.05) is 32.3 Å². The number of aliphatic carboxylic acids is 1. The molecule has 2 N–H and O–H groups in total. The van der Waals surface area contributed by atoms with Gasteiger partial charge in [0.05, 0.1) is 39.1 Å². The molecule has 1 aliphatic heterocycles. The lowest BCUT2D eigenvalue weighted by Gasteiger charge is -2.33. The summed E-state index contributed by atoms with van der Waals surface area (Å²) in [6.45, 7) is 2.22. The Hall–Kier alpha value is -4.08. The molecule has 0 fully saturated rings. The van der Waals surface area contributed by atoms with Crippen molar-refractivity contribution in [2.75, 3.05) is 7.05 Å². The summed E-state index contributed by atoms with van der Waals surface area (Å²) in [6, 6.07) is 12.8. The third kappa shape index (κ3) is 6.31. The van der Waals surface area contributed by atoms with Crippen LogP contribution in [-0.4, -0.2) is 44.1 Å². The van der Waals surface area contributed by atoms with Crippen molar-refractivity contribution < 1.29 is 19.8 Å². The molecule has 1 unspecified atom stereocenters. The largest absolute Gasteiger partial charge is 0.478 e. The van der Waals surface area contributed by atoms with Gasteiger partial charge in [-0.25, -0.2) is 9.59 Å². The van der Waals surface area contributed by atoms with E-state index >= 15 is 0 Å². The summed E-state index contributed by atoms with van der Waals surface area (Å²) >= 11 is 3.56. The van der Waals surface area contributed by atoms with Gasteiger partial charge in [-0.3, -0.25) is 9.97 Å². The second-order valence-electron chi connectivity index (χ2n) is 9.96. The molecule has 4 aromatic heterocycles. The summed E-state index contributed by atoms with van der Waals surface area (Å²) in [5.74, 6) is -2.14. The van der Waals surface area contributed by atoms with Crippen LogP contribution in [-0.2, 0) is 11.2 Å². The fourth-order valence-corrected chi connectivity index (χ4v) is 7.07. The molecule has 0 saturated heterocycles. The maximum absolute atomic E-state index is 12.1. The van der Waals surface area contributed by atoms with Crippen molar-refractivity contribution in [3.05, 3.63) is 99.8 Å². The number of carboxylic acid groups (broad SMARTS) is 2. The smallest absolute Gasteiger partial charge is 0.335 e. The number of hydrogen-bond acceptors (Lipinski definition) is 7. The minimum absolute atomic E-state index is 0.0916. The Morgan fingerprint density at radius 3 is 2.56 bits per heavy atom. The van der Waals surface area contributed by atoms with Crippen LogP contribution < -0.4 is 0 Å². The summed E-state index contributed by atoms with van der Waals surface area (Å²) in [5.41, 5.74) is 4.04. The molecule has 41 heavy (non-hydrogen) atoms. The van der Waals surface area contributed by atoms with Crippen LogP contribution in [0.15, 0.2) is 78.0 Å². The first-order chi connectivity index (χ1) is 19.9. The van der Waals surface area contributed by atoms with Crippen LogP contribution in [0.2, 0.25) is 0 Å². The van der Waals surface area contributed by atoms with Crippen LogP contribution >= 0.6 is 22.7 Å². The van der Waals surface area contributed by atoms with Gasteiger partial charge in [0.25, 0.3) is 0 Å². The van der Waals surface area contributed by atoms with Gasteiger partial charge in [-0.2, -0.15) is 0 Å². The third-order valence-electron chi connectivity index (χ3n) is 7.14. The van der Waals surface area contributed by atoms with Crippen LogP contribution in [0.25, 0.3) is 26.6 Å². The van der Waals surface area contributed by atoms with E-state index < -0.39 is 18.0 Å². The number of likely N-dealkylation sites (N-methyl/N-ethyl adjacent to an activating group) is 1. The molecule has 0 bridgehead atoms. The van der Waals surface area contributed by atoms with Gasteiger partial charge in [-0.05, 0) is 72.3 Å². The lowest BCUT2D eigenvalue weighted by Crippen LogP contribution is -2.27. The molecule has 9 heteroatoms. The lowest BCUT2D eigenvalue weighted by atomic mass is 9.97. The number of unbranched alkanes of at least 4 members (excludes halogenated alkanes) is 3. The van der Waals surface area contributed by atoms with E-state index in [0.29, 0.717) is 17.1 Å². The summed E-state index contributed by atoms with van der Waals surface area (Å²) in [4.78, 5) is 38.4. The van der Waals surface area contributed by atoms with Crippen LogP contribution in [0.4, 0.5) is 0 Å². The predicted molar refractivity (Wildman–Crippen MR) is 164 cm³/mol. The summed E-state index contributed by atoms with van der Waals surface area (Å²) in [6.07, 6.45) is 12.3. The van der Waals surface area contributed by atoms with Gasteiger partial charge in [0.15, 0.2) is 0 Å². The first-order valence-corrected chi connectivity index (χ1v) is 15.3. The SMILES string of the molecule is CCCCCCc1cc(-c2ccnc(C3=CC(C(=O)O)=CC(c4cc(C(=O)O)ccn4)N3C)c2)c(-c2cccs2)s1. The van der Waals surface area contributed by atoms with E-state index in [-0.39, 0.29) is 11.1 Å². The van der Waals surface area contributed by atoms with Gasteiger partial charge >= 0.3 is 11.9 Å². The lowest BCUT2D eigenvalue weighted by molar-refractivity contribution is -0.132. The van der Waals surface area contributed by atoms with Crippen molar-refractivity contribution in [3.63, 3.8) is 0 Å². The highest BCUT2D eigenvalue weighted by Crippen LogP contribution is 2.43. The number of aromatic carboxylic acids is 1. The maximum atomic E-state index is 12.1. The Morgan fingerprint density at radius 2 is 1.83 bits per heavy atom.